The minimum Gasteiger partial charge on any atom is -0.416 e. The van der Waals surface area contributed by atoms with E-state index in [1.54, 1.807) is 0 Å². The Kier molecular flexibility index (Phi) is 3.31. The Morgan fingerprint density at radius 1 is 1.33 bits per heavy atom. The number of hydrogen-bond acceptors (Lipinski definition) is 2. The Morgan fingerprint density at radius 2 is 2.00 bits per heavy atom. The quantitative estimate of drug-likeness (QED) is 0.534. The molecule has 2 nitrogen and oxygen atoms in total. The maximum atomic E-state index is 11.0. The van der Waals surface area contributed by atoms with E-state index >= 15 is 0 Å². The average molecular weight is 226 g/mol. The Balaban J connectivity index is 2.18. The van der Waals surface area contributed by atoms with Crippen LogP contribution in [0.2, 0.25) is 17.6 Å². The first-order valence-corrected chi connectivity index (χ1v) is 8.69. The van der Waals surface area contributed by atoms with Gasteiger partial charge < -0.3 is 9.22 Å². The van der Waals surface area contributed by atoms with Crippen molar-refractivity contribution in [1.82, 2.24) is 0 Å². The minimum absolute atomic E-state index is 0.215. The largest absolute Gasteiger partial charge is 0.416 e. The molecule has 0 unspecified atom stereocenters. The number of carbonyl (C=O) groups excluding carboxylic acids is 1. The van der Waals surface area contributed by atoms with Gasteiger partial charge in [0.15, 0.2) is 8.32 Å². The molecule has 2 aliphatic rings. The lowest BCUT2D eigenvalue weighted by atomic mass is 9.98. The molecule has 1 spiro atoms. The molecule has 0 radical (unpaired) electrons. The van der Waals surface area contributed by atoms with Gasteiger partial charge in [0.1, 0.15) is 6.29 Å². The third-order valence-corrected chi connectivity index (χ3v) is 9.79. The molecule has 2 fully saturated rings. The van der Waals surface area contributed by atoms with Gasteiger partial charge in [0.25, 0.3) is 0 Å². The molecule has 0 N–H and O–H groups in total. The highest BCUT2D eigenvalue weighted by atomic mass is 28.4. The molecular weight excluding hydrogens is 204 g/mol. The zero-order chi connectivity index (χ0) is 10.9. The maximum absolute atomic E-state index is 11.0. The maximum Gasteiger partial charge on any atom is 0.196 e. The molecule has 0 aliphatic carbocycles. The van der Waals surface area contributed by atoms with Crippen molar-refractivity contribution >= 4 is 14.6 Å². The summed E-state index contributed by atoms with van der Waals surface area (Å²) in [4.78, 5) is 11.0. The van der Waals surface area contributed by atoms with Crippen molar-refractivity contribution in [2.24, 2.45) is 11.8 Å². The van der Waals surface area contributed by atoms with Crippen LogP contribution in [0.25, 0.3) is 0 Å². The Hall–Kier alpha value is -0.153. The van der Waals surface area contributed by atoms with E-state index in [-0.39, 0.29) is 5.92 Å². The molecule has 2 aliphatic heterocycles. The van der Waals surface area contributed by atoms with Gasteiger partial charge in [0.2, 0.25) is 0 Å². The average Bonchev–Trinajstić information content (AvgIpc) is 2.56. The van der Waals surface area contributed by atoms with Gasteiger partial charge in [-0.15, -0.1) is 0 Å². The van der Waals surface area contributed by atoms with E-state index in [9.17, 15) is 4.79 Å². The molecule has 3 heteroatoms. The molecular formula is C12H22O2Si. The van der Waals surface area contributed by atoms with Crippen LogP contribution in [0.3, 0.4) is 0 Å². The highest BCUT2D eigenvalue weighted by molar-refractivity contribution is 6.76. The molecule has 2 rings (SSSR count). The summed E-state index contributed by atoms with van der Waals surface area (Å²) in [6.45, 7) is 5.27. The summed E-state index contributed by atoms with van der Waals surface area (Å²) in [5.74, 6) is 0.822. The standard InChI is InChI=1S/C12H22O2Si/c1-10(8-13)12-11(2)9-14-15(12)6-4-3-5-7-15/h8,10-12H,3-7,9H2,1-2H3/t10-,11+,12-/m0/s1. The van der Waals surface area contributed by atoms with Crippen LogP contribution < -0.4 is 0 Å². The fraction of sp³-hybridized carbons (Fsp3) is 0.917. The second kappa shape index (κ2) is 4.38. The molecule has 15 heavy (non-hydrogen) atoms. The van der Waals surface area contributed by atoms with Gasteiger partial charge in [-0.05, 0) is 23.5 Å². The van der Waals surface area contributed by atoms with Gasteiger partial charge in [-0.1, -0.05) is 33.1 Å². The summed E-state index contributed by atoms with van der Waals surface area (Å²) in [7, 11) is -1.53. The van der Waals surface area contributed by atoms with Crippen molar-refractivity contribution in [3.63, 3.8) is 0 Å². The monoisotopic (exact) mass is 226 g/mol. The lowest BCUT2D eigenvalue weighted by Gasteiger charge is -2.37. The van der Waals surface area contributed by atoms with Crippen LogP contribution in [-0.2, 0) is 9.22 Å². The van der Waals surface area contributed by atoms with Gasteiger partial charge in [0.05, 0.1) is 0 Å². The topological polar surface area (TPSA) is 26.3 Å². The third-order valence-electron chi connectivity index (χ3n) is 4.34. The number of carbonyl (C=O) groups is 1. The summed E-state index contributed by atoms with van der Waals surface area (Å²) in [5, 5.41) is 0. The lowest BCUT2D eigenvalue weighted by molar-refractivity contribution is -0.111. The summed E-state index contributed by atoms with van der Waals surface area (Å²) in [5.41, 5.74) is 0.593. The van der Waals surface area contributed by atoms with Crippen LogP contribution in [0.15, 0.2) is 0 Å². The first-order valence-electron chi connectivity index (χ1n) is 6.29. The Labute approximate surface area is 93.5 Å². The van der Waals surface area contributed by atoms with Crippen LogP contribution in [-0.4, -0.2) is 21.2 Å². The van der Waals surface area contributed by atoms with Crippen molar-refractivity contribution in [2.75, 3.05) is 6.61 Å². The van der Waals surface area contributed by atoms with Gasteiger partial charge >= 0.3 is 0 Å². The fourth-order valence-electron chi connectivity index (χ4n) is 3.73. The van der Waals surface area contributed by atoms with E-state index in [0.717, 1.165) is 12.9 Å². The van der Waals surface area contributed by atoms with Gasteiger partial charge in [-0.2, -0.15) is 0 Å². The van der Waals surface area contributed by atoms with Crippen molar-refractivity contribution in [1.29, 1.82) is 0 Å². The fourth-order valence-corrected chi connectivity index (χ4v) is 9.59. The van der Waals surface area contributed by atoms with Crippen LogP contribution in [0, 0.1) is 11.8 Å². The molecule has 0 amide bonds. The molecule has 0 aromatic carbocycles. The Morgan fingerprint density at radius 3 is 2.60 bits per heavy atom. The lowest BCUT2D eigenvalue weighted by Crippen LogP contribution is -2.43. The van der Waals surface area contributed by atoms with Crippen molar-refractivity contribution in [3.8, 4) is 0 Å². The number of aldehydes is 1. The molecule has 0 aromatic heterocycles. The number of hydrogen-bond donors (Lipinski definition) is 0. The van der Waals surface area contributed by atoms with E-state index in [1.165, 1.54) is 31.4 Å². The van der Waals surface area contributed by atoms with Crippen LogP contribution in [0.1, 0.15) is 33.1 Å². The van der Waals surface area contributed by atoms with Gasteiger partial charge in [-0.25, -0.2) is 0 Å². The van der Waals surface area contributed by atoms with E-state index in [2.05, 4.69) is 13.8 Å². The predicted octanol–water partition coefficient (Wildman–Crippen LogP) is 2.99. The molecule has 0 aromatic rings. The third kappa shape index (κ3) is 1.92. The minimum atomic E-state index is -1.53. The summed E-state index contributed by atoms with van der Waals surface area (Å²) in [6.07, 6.45) is 5.19. The molecule has 2 saturated heterocycles. The van der Waals surface area contributed by atoms with E-state index in [1.807, 2.05) is 0 Å². The second-order valence-electron chi connectivity index (χ2n) is 5.43. The van der Waals surface area contributed by atoms with E-state index in [0.29, 0.717) is 11.5 Å². The molecule has 0 bridgehead atoms. The Bertz CT molecular complexity index is 230. The highest BCUT2D eigenvalue weighted by Crippen LogP contribution is 2.50. The van der Waals surface area contributed by atoms with Gasteiger partial charge in [-0.3, -0.25) is 0 Å². The van der Waals surface area contributed by atoms with Crippen LogP contribution >= 0.6 is 0 Å². The predicted molar refractivity (Wildman–Crippen MR) is 63.3 cm³/mol. The molecule has 86 valence electrons. The molecule has 2 heterocycles. The SMILES string of the molecule is C[C@@H]1CO[Si]2(CCCCC2)[C@H]1[C@@H](C)C=O. The van der Waals surface area contributed by atoms with Crippen molar-refractivity contribution in [2.45, 2.75) is 50.7 Å². The van der Waals surface area contributed by atoms with E-state index in [4.69, 9.17) is 4.43 Å². The highest BCUT2D eigenvalue weighted by Gasteiger charge is 2.52. The van der Waals surface area contributed by atoms with Crippen LogP contribution in [0.5, 0.6) is 0 Å². The van der Waals surface area contributed by atoms with Crippen molar-refractivity contribution in [3.05, 3.63) is 0 Å². The first-order chi connectivity index (χ1) is 7.19. The van der Waals surface area contributed by atoms with Gasteiger partial charge in [0, 0.05) is 12.5 Å². The zero-order valence-electron chi connectivity index (χ0n) is 9.87. The van der Waals surface area contributed by atoms with Crippen LogP contribution in [0.4, 0.5) is 0 Å². The normalized spacial score (nSPS) is 36.7. The summed E-state index contributed by atoms with van der Waals surface area (Å²) in [6, 6.07) is 2.61. The smallest absolute Gasteiger partial charge is 0.196 e. The second-order valence-corrected chi connectivity index (χ2v) is 9.52. The summed E-state index contributed by atoms with van der Waals surface area (Å²) >= 11 is 0. The van der Waals surface area contributed by atoms with E-state index < -0.39 is 8.32 Å². The molecule has 3 atom stereocenters. The first kappa shape index (κ1) is 11.3. The summed E-state index contributed by atoms with van der Waals surface area (Å²) < 4.78 is 6.21. The zero-order valence-corrected chi connectivity index (χ0v) is 10.9. The number of rotatable bonds is 2. The van der Waals surface area contributed by atoms with Crippen molar-refractivity contribution < 1.29 is 9.22 Å². The molecule has 0 saturated carbocycles.